The minimum absolute atomic E-state index is 0.216. The minimum atomic E-state index is -0.216. The maximum atomic E-state index is 13.2. The molecule has 2 aromatic carbocycles. The number of unbranched alkanes of at least 4 members (excludes halogenated alkanes) is 1. The van der Waals surface area contributed by atoms with E-state index >= 15 is 0 Å². The molecule has 0 aromatic heterocycles. The molecule has 116 valence electrons. The molecule has 2 nitrogen and oxygen atoms in total. The van der Waals surface area contributed by atoms with Crippen LogP contribution in [0.1, 0.15) is 30.9 Å². The van der Waals surface area contributed by atoms with Crippen molar-refractivity contribution in [2.75, 3.05) is 10.6 Å². The van der Waals surface area contributed by atoms with Gasteiger partial charge in [-0.15, -0.1) is 0 Å². The van der Waals surface area contributed by atoms with Crippen LogP contribution >= 0.6 is 12.2 Å². The van der Waals surface area contributed by atoms with Crippen molar-refractivity contribution >= 4 is 28.7 Å². The van der Waals surface area contributed by atoms with Crippen LogP contribution in [0, 0.1) is 12.7 Å². The van der Waals surface area contributed by atoms with E-state index in [0.29, 0.717) is 10.7 Å². The van der Waals surface area contributed by atoms with Crippen LogP contribution in [0.25, 0.3) is 0 Å². The number of thiocarbonyl (C=S) groups is 1. The minimum Gasteiger partial charge on any atom is -0.332 e. The van der Waals surface area contributed by atoms with E-state index in [0.717, 1.165) is 17.8 Å². The van der Waals surface area contributed by atoms with Crippen LogP contribution in [0.4, 0.5) is 15.8 Å². The van der Waals surface area contributed by atoms with Crippen molar-refractivity contribution in [1.29, 1.82) is 0 Å². The summed E-state index contributed by atoms with van der Waals surface area (Å²) in [6, 6.07) is 13.1. The molecule has 0 bridgehead atoms. The topological polar surface area (TPSA) is 24.1 Å². The summed E-state index contributed by atoms with van der Waals surface area (Å²) in [5.74, 6) is -0.216. The molecule has 0 saturated carbocycles. The summed E-state index contributed by atoms with van der Waals surface area (Å²) in [5.41, 5.74) is 3.64. The highest BCUT2D eigenvalue weighted by atomic mass is 32.1. The third-order valence-corrected chi connectivity index (χ3v) is 3.65. The lowest BCUT2D eigenvalue weighted by Crippen LogP contribution is -2.19. The number of rotatable bonds is 5. The van der Waals surface area contributed by atoms with E-state index in [4.69, 9.17) is 12.2 Å². The summed E-state index contributed by atoms with van der Waals surface area (Å²) in [6.45, 7) is 3.92. The molecule has 22 heavy (non-hydrogen) atoms. The lowest BCUT2D eigenvalue weighted by molar-refractivity contribution is 0.619. The molecule has 0 spiro atoms. The first-order chi connectivity index (χ1) is 10.6. The van der Waals surface area contributed by atoms with Gasteiger partial charge in [-0.3, -0.25) is 0 Å². The second kappa shape index (κ2) is 7.90. The number of halogens is 1. The van der Waals surface area contributed by atoms with Gasteiger partial charge in [-0.05, 0) is 73.4 Å². The highest BCUT2D eigenvalue weighted by Gasteiger charge is 2.02. The molecule has 0 fully saturated rings. The van der Waals surface area contributed by atoms with Gasteiger partial charge < -0.3 is 10.6 Å². The van der Waals surface area contributed by atoms with E-state index in [1.165, 1.54) is 24.5 Å². The summed E-state index contributed by atoms with van der Waals surface area (Å²) in [6.07, 6.45) is 3.51. The summed E-state index contributed by atoms with van der Waals surface area (Å²) < 4.78 is 13.2. The fourth-order valence-corrected chi connectivity index (χ4v) is 2.39. The number of aryl methyl sites for hydroxylation is 2. The van der Waals surface area contributed by atoms with Gasteiger partial charge in [0.15, 0.2) is 5.11 Å². The predicted octanol–water partition coefficient (Wildman–Crippen LogP) is 5.29. The normalized spacial score (nSPS) is 10.3. The molecule has 2 N–H and O–H groups in total. The van der Waals surface area contributed by atoms with Gasteiger partial charge in [-0.2, -0.15) is 0 Å². The van der Waals surface area contributed by atoms with Crippen molar-refractivity contribution in [3.05, 3.63) is 59.4 Å². The molecule has 2 rings (SSSR count). The molecule has 0 unspecified atom stereocenters. The van der Waals surface area contributed by atoms with Crippen molar-refractivity contribution in [3.63, 3.8) is 0 Å². The van der Waals surface area contributed by atoms with Gasteiger partial charge in [0.1, 0.15) is 5.82 Å². The van der Waals surface area contributed by atoms with Crippen LogP contribution in [0.3, 0.4) is 0 Å². The molecule has 0 atom stereocenters. The smallest absolute Gasteiger partial charge is 0.175 e. The van der Waals surface area contributed by atoms with E-state index in [-0.39, 0.29) is 5.82 Å². The number of hydrogen-bond donors (Lipinski definition) is 2. The monoisotopic (exact) mass is 316 g/mol. The van der Waals surface area contributed by atoms with Crippen LogP contribution in [0.2, 0.25) is 0 Å². The Bertz CT molecular complexity index is 638. The van der Waals surface area contributed by atoms with E-state index in [1.54, 1.807) is 19.1 Å². The zero-order chi connectivity index (χ0) is 15.9. The highest BCUT2D eigenvalue weighted by molar-refractivity contribution is 7.80. The summed E-state index contributed by atoms with van der Waals surface area (Å²) in [7, 11) is 0. The summed E-state index contributed by atoms with van der Waals surface area (Å²) in [5, 5.41) is 6.69. The highest BCUT2D eigenvalue weighted by Crippen LogP contribution is 2.15. The molecule has 0 aliphatic rings. The standard InChI is InChI=1S/C18H21FN2S/c1-3-4-5-14-6-8-15(9-7-14)20-18(22)21-16-10-11-17(19)13(2)12-16/h6-12H,3-5H2,1-2H3,(H2,20,21,22). The maximum Gasteiger partial charge on any atom is 0.175 e. The lowest BCUT2D eigenvalue weighted by atomic mass is 10.1. The van der Waals surface area contributed by atoms with Crippen molar-refractivity contribution < 1.29 is 4.39 Å². The van der Waals surface area contributed by atoms with Gasteiger partial charge >= 0.3 is 0 Å². The molecule has 0 aliphatic carbocycles. The van der Waals surface area contributed by atoms with E-state index in [9.17, 15) is 4.39 Å². The van der Waals surface area contributed by atoms with Gasteiger partial charge in [0.25, 0.3) is 0 Å². The average molecular weight is 316 g/mol. The Morgan fingerprint density at radius 3 is 2.32 bits per heavy atom. The second-order valence-corrected chi connectivity index (χ2v) is 5.75. The van der Waals surface area contributed by atoms with E-state index in [2.05, 4.69) is 29.7 Å². The first-order valence-corrected chi connectivity index (χ1v) is 7.92. The van der Waals surface area contributed by atoms with Gasteiger partial charge in [-0.25, -0.2) is 4.39 Å². The van der Waals surface area contributed by atoms with Gasteiger partial charge in [-0.1, -0.05) is 25.5 Å². The number of nitrogens with one attached hydrogen (secondary N) is 2. The quantitative estimate of drug-likeness (QED) is 0.733. The van der Waals surface area contributed by atoms with Crippen molar-refractivity contribution in [3.8, 4) is 0 Å². The van der Waals surface area contributed by atoms with E-state index < -0.39 is 0 Å². The number of anilines is 2. The molecule has 0 aliphatic heterocycles. The average Bonchev–Trinajstić information content (AvgIpc) is 2.50. The number of hydrogen-bond acceptors (Lipinski definition) is 1. The molecule has 0 radical (unpaired) electrons. The van der Waals surface area contributed by atoms with Gasteiger partial charge in [0.05, 0.1) is 0 Å². The van der Waals surface area contributed by atoms with E-state index in [1.807, 2.05) is 12.1 Å². The van der Waals surface area contributed by atoms with Gasteiger partial charge in [0, 0.05) is 11.4 Å². The largest absolute Gasteiger partial charge is 0.332 e. The molecule has 0 heterocycles. The third kappa shape index (κ3) is 4.81. The Kier molecular flexibility index (Phi) is 5.90. The first-order valence-electron chi connectivity index (χ1n) is 7.51. The Morgan fingerprint density at radius 2 is 1.68 bits per heavy atom. The molecular formula is C18H21FN2S. The summed E-state index contributed by atoms with van der Waals surface area (Å²) >= 11 is 5.28. The van der Waals surface area contributed by atoms with Crippen LogP contribution in [0.5, 0.6) is 0 Å². The molecule has 0 saturated heterocycles. The number of benzene rings is 2. The van der Waals surface area contributed by atoms with Crippen LogP contribution in [0.15, 0.2) is 42.5 Å². The van der Waals surface area contributed by atoms with Crippen LogP contribution in [-0.4, -0.2) is 5.11 Å². The molecule has 4 heteroatoms. The Balaban J connectivity index is 1.92. The van der Waals surface area contributed by atoms with Crippen LogP contribution in [-0.2, 0) is 6.42 Å². The fraction of sp³-hybridized carbons (Fsp3) is 0.278. The summed E-state index contributed by atoms with van der Waals surface area (Å²) in [4.78, 5) is 0. The Morgan fingerprint density at radius 1 is 1.05 bits per heavy atom. The molecular weight excluding hydrogens is 295 g/mol. The fourth-order valence-electron chi connectivity index (χ4n) is 2.15. The predicted molar refractivity (Wildman–Crippen MR) is 96.0 cm³/mol. The molecule has 2 aromatic rings. The lowest BCUT2D eigenvalue weighted by Gasteiger charge is -2.11. The van der Waals surface area contributed by atoms with Gasteiger partial charge in [0.2, 0.25) is 0 Å². The maximum absolute atomic E-state index is 13.2. The van der Waals surface area contributed by atoms with Crippen molar-refractivity contribution in [1.82, 2.24) is 0 Å². The van der Waals surface area contributed by atoms with Crippen molar-refractivity contribution in [2.45, 2.75) is 33.1 Å². The van der Waals surface area contributed by atoms with Crippen molar-refractivity contribution in [2.24, 2.45) is 0 Å². The zero-order valence-corrected chi connectivity index (χ0v) is 13.8. The Labute approximate surface area is 136 Å². The third-order valence-electron chi connectivity index (χ3n) is 3.45. The molecule has 0 amide bonds. The SMILES string of the molecule is CCCCc1ccc(NC(=S)Nc2ccc(F)c(C)c2)cc1. The zero-order valence-electron chi connectivity index (χ0n) is 12.9. The first kappa shape index (κ1) is 16.4. The second-order valence-electron chi connectivity index (χ2n) is 5.34. The Hall–Kier alpha value is -1.94. The van der Waals surface area contributed by atoms with Crippen LogP contribution < -0.4 is 10.6 Å².